The number of piperazine rings is 1. The van der Waals surface area contributed by atoms with E-state index in [2.05, 4.69) is 68.5 Å². The number of hydrogen-bond acceptors (Lipinski definition) is 6. The topological polar surface area (TPSA) is 59.3 Å². The number of fused-ring (bicyclic) bond motifs is 2. The predicted octanol–water partition coefficient (Wildman–Crippen LogP) is 4.07. The number of pyridine rings is 1. The summed E-state index contributed by atoms with van der Waals surface area (Å²) in [6.07, 6.45) is 10.3. The van der Waals surface area contributed by atoms with Crippen LogP contribution in [0.4, 0.5) is 5.69 Å². The molecule has 0 saturated carbocycles. The van der Waals surface area contributed by atoms with Gasteiger partial charge in [-0.1, -0.05) is 17.3 Å². The molecule has 3 unspecified atom stereocenters. The molecule has 0 N–H and O–H groups in total. The molecule has 0 aliphatic carbocycles. The molecule has 5 heterocycles. The first kappa shape index (κ1) is 21.7. The largest absolute Gasteiger partial charge is 0.376 e. The molecule has 6 rings (SSSR count). The Hall–Kier alpha value is -2.77. The van der Waals surface area contributed by atoms with Gasteiger partial charge in [-0.25, -0.2) is 4.68 Å². The van der Waals surface area contributed by atoms with Crippen LogP contribution in [-0.2, 0) is 17.8 Å². The Bertz CT molecular complexity index is 1100. The Labute approximate surface area is 201 Å². The molecule has 2 aromatic heterocycles. The first-order chi connectivity index (χ1) is 16.7. The van der Waals surface area contributed by atoms with Crippen LogP contribution in [0.15, 0.2) is 48.8 Å². The summed E-state index contributed by atoms with van der Waals surface area (Å²) in [5.74, 6) is 0. The van der Waals surface area contributed by atoms with E-state index in [-0.39, 0.29) is 6.10 Å². The van der Waals surface area contributed by atoms with Crippen LogP contribution in [0, 0.1) is 6.92 Å². The average Bonchev–Trinajstić information content (AvgIpc) is 3.42. The summed E-state index contributed by atoms with van der Waals surface area (Å²) in [6, 6.07) is 14.2. The van der Waals surface area contributed by atoms with Gasteiger partial charge in [-0.2, -0.15) is 0 Å². The summed E-state index contributed by atoms with van der Waals surface area (Å²) < 4.78 is 7.81. The maximum atomic E-state index is 5.87. The summed E-state index contributed by atoms with van der Waals surface area (Å²) in [5.41, 5.74) is 5.88. The van der Waals surface area contributed by atoms with Crippen molar-refractivity contribution < 1.29 is 4.74 Å². The second kappa shape index (κ2) is 9.47. The minimum atomic E-state index is 0.263. The van der Waals surface area contributed by atoms with Gasteiger partial charge in [-0.3, -0.25) is 9.88 Å². The van der Waals surface area contributed by atoms with Crippen molar-refractivity contribution in [3.8, 4) is 11.3 Å². The maximum absolute atomic E-state index is 5.87. The molecule has 0 amide bonds. The zero-order valence-corrected chi connectivity index (χ0v) is 20.0. The second-order valence-corrected chi connectivity index (χ2v) is 10.1. The van der Waals surface area contributed by atoms with E-state index in [1.807, 2.05) is 16.9 Å². The van der Waals surface area contributed by atoms with Crippen LogP contribution in [-0.4, -0.2) is 62.8 Å². The molecule has 0 radical (unpaired) electrons. The number of aryl methyl sites for hydroxylation is 1. The fraction of sp³-hybridized carbons (Fsp3) is 0.519. The highest BCUT2D eigenvalue weighted by Gasteiger charge is 2.40. The number of aromatic nitrogens is 4. The van der Waals surface area contributed by atoms with Crippen LogP contribution < -0.4 is 4.90 Å². The molecule has 3 atom stereocenters. The van der Waals surface area contributed by atoms with Gasteiger partial charge in [0.2, 0.25) is 0 Å². The highest BCUT2D eigenvalue weighted by molar-refractivity contribution is 5.67. The van der Waals surface area contributed by atoms with Gasteiger partial charge in [0.25, 0.3) is 0 Å². The molecule has 7 heteroatoms. The van der Waals surface area contributed by atoms with Crippen molar-refractivity contribution in [2.45, 2.75) is 70.3 Å². The van der Waals surface area contributed by atoms with Crippen molar-refractivity contribution in [2.75, 3.05) is 24.6 Å². The van der Waals surface area contributed by atoms with Crippen LogP contribution in [0.2, 0.25) is 0 Å². The van der Waals surface area contributed by atoms with Gasteiger partial charge < -0.3 is 9.64 Å². The molecule has 3 saturated heterocycles. The Kier molecular flexibility index (Phi) is 6.05. The van der Waals surface area contributed by atoms with E-state index in [9.17, 15) is 0 Å². The Morgan fingerprint density at radius 3 is 2.65 bits per heavy atom. The number of hydrogen-bond donors (Lipinski definition) is 0. The van der Waals surface area contributed by atoms with E-state index < -0.39 is 0 Å². The number of rotatable bonds is 6. The van der Waals surface area contributed by atoms with Crippen LogP contribution in [0.25, 0.3) is 11.3 Å². The summed E-state index contributed by atoms with van der Waals surface area (Å²) in [6.45, 7) is 7.00. The molecule has 178 valence electrons. The summed E-state index contributed by atoms with van der Waals surface area (Å²) in [7, 11) is 0. The van der Waals surface area contributed by atoms with E-state index in [1.54, 1.807) is 0 Å². The normalized spacial score (nSPS) is 25.1. The molecule has 34 heavy (non-hydrogen) atoms. The van der Waals surface area contributed by atoms with Crippen LogP contribution in [0.3, 0.4) is 0 Å². The lowest BCUT2D eigenvalue weighted by atomic mass is 10.0. The van der Waals surface area contributed by atoms with E-state index in [0.29, 0.717) is 12.1 Å². The smallest absolute Gasteiger partial charge is 0.113 e. The number of nitrogens with zero attached hydrogens (tertiary/aromatic N) is 6. The Balaban J connectivity index is 1.14. The molecule has 0 spiro atoms. The van der Waals surface area contributed by atoms with Gasteiger partial charge in [0, 0.05) is 55.8 Å². The maximum Gasteiger partial charge on any atom is 0.113 e. The van der Waals surface area contributed by atoms with Gasteiger partial charge >= 0.3 is 0 Å². The third kappa shape index (κ3) is 4.46. The number of ether oxygens (including phenoxy) is 1. The molecule has 1 aromatic carbocycles. The number of anilines is 1. The minimum Gasteiger partial charge on any atom is -0.376 e. The highest BCUT2D eigenvalue weighted by atomic mass is 16.5. The standard InChI is InChI=1S/C27H34N6O/c1-20-14-22(10-11-26(20)27-19-32(30-29-27)18-25-7-3-5-13-34-25)33-23-8-9-24(33)17-31(16-23)15-21-6-2-4-12-28-21/h2,4,6,10-12,14,19,23-25H,3,5,7-9,13,15-18H2,1H3. The first-order valence-electron chi connectivity index (χ1n) is 12.8. The summed E-state index contributed by atoms with van der Waals surface area (Å²) >= 11 is 0. The lowest BCUT2D eigenvalue weighted by Gasteiger charge is -2.42. The molecule has 3 fully saturated rings. The molecule has 3 aliphatic rings. The Morgan fingerprint density at radius 1 is 1.03 bits per heavy atom. The van der Waals surface area contributed by atoms with E-state index >= 15 is 0 Å². The van der Waals surface area contributed by atoms with Gasteiger partial charge in [-0.05, 0) is 68.9 Å². The number of benzene rings is 1. The van der Waals surface area contributed by atoms with E-state index in [4.69, 9.17) is 4.74 Å². The molecule has 2 bridgehead atoms. The zero-order chi connectivity index (χ0) is 22.9. The van der Waals surface area contributed by atoms with Crippen molar-refractivity contribution in [2.24, 2.45) is 0 Å². The highest BCUT2D eigenvalue weighted by Crippen LogP contribution is 2.37. The average molecular weight is 459 g/mol. The summed E-state index contributed by atoms with van der Waals surface area (Å²) in [4.78, 5) is 9.78. The van der Waals surface area contributed by atoms with Gasteiger partial charge in [0.05, 0.1) is 24.5 Å². The lowest BCUT2D eigenvalue weighted by Crippen LogP contribution is -2.53. The molecular formula is C27H34N6O. The van der Waals surface area contributed by atoms with Crippen LogP contribution in [0.5, 0.6) is 0 Å². The lowest BCUT2D eigenvalue weighted by molar-refractivity contribution is 0.00370. The van der Waals surface area contributed by atoms with E-state index in [0.717, 1.165) is 44.9 Å². The van der Waals surface area contributed by atoms with Crippen LogP contribution >= 0.6 is 0 Å². The monoisotopic (exact) mass is 458 g/mol. The van der Waals surface area contributed by atoms with Gasteiger partial charge in [-0.15, -0.1) is 5.10 Å². The Morgan fingerprint density at radius 2 is 1.91 bits per heavy atom. The quantitative estimate of drug-likeness (QED) is 0.555. The van der Waals surface area contributed by atoms with Gasteiger partial charge in [0.1, 0.15) is 5.69 Å². The molecule has 3 aliphatic heterocycles. The molecule has 7 nitrogen and oxygen atoms in total. The van der Waals surface area contributed by atoms with Gasteiger partial charge in [0.15, 0.2) is 0 Å². The first-order valence-corrected chi connectivity index (χ1v) is 12.8. The number of likely N-dealkylation sites (tertiary alicyclic amines) is 1. The minimum absolute atomic E-state index is 0.263. The zero-order valence-electron chi connectivity index (χ0n) is 20.0. The van der Waals surface area contributed by atoms with Crippen molar-refractivity contribution in [3.63, 3.8) is 0 Å². The molecule has 3 aromatic rings. The van der Waals surface area contributed by atoms with Crippen LogP contribution in [0.1, 0.15) is 43.4 Å². The third-order valence-electron chi connectivity index (χ3n) is 7.66. The summed E-state index contributed by atoms with van der Waals surface area (Å²) in [5, 5.41) is 8.86. The second-order valence-electron chi connectivity index (χ2n) is 10.1. The third-order valence-corrected chi connectivity index (χ3v) is 7.66. The van der Waals surface area contributed by atoms with Crippen molar-refractivity contribution in [1.29, 1.82) is 0 Å². The fourth-order valence-electron chi connectivity index (χ4n) is 6.03. The SMILES string of the molecule is Cc1cc(N2C3CCC2CN(Cc2ccccn2)C3)ccc1-c1cn(CC2CCCCO2)nn1. The van der Waals surface area contributed by atoms with E-state index in [1.165, 1.54) is 48.2 Å². The predicted molar refractivity (Wildman–Crippen MR) is 133 cm³/mol. The fourth-order valence-corrected chi connectivity index (χ4v) is 6.03. The van der Waals surface area contributed by atoms with Crippen molar-refractivity contribution in [1.82, 2.24) is 24.9 Å². The van der Waals surface area contributed by atoms with Crippen molar-refractivity contribution in [3.05, 3.63) is 60.0 Å². The van der Waals surface area contributed by atoms with Crippen molar-refractivity contribution >= 4 is 5.69 Å². The molecular weight excluding hydrogens is 424 g/mol.